The summed E-state index contributed by atoms with van der Waals surface area (Å²) in [6.45, 7) is 0.253. The molecule has 5 nitrogen and oxygen atoms in total. The summed E-state index contributed by atoms with van der Waals surface area (Å²) in [7, 11) is 1.60. The number of carbonyl (C=O) groups is 2. The van der Waals surface area contributed by atoms with Crippen LogP contribution in [-0.4, -0.2) is 25.5 Å². The van der Waals surface area contributed by atoms with Crippen molar-refractivity contribution >= 4 is 11.8 Å². The molecule has 1 atom stereocenters. The first-order valence-electron chi connectivity index (χ1n) is 10.5. The lowest BCUT2D eigenvalue weighted by atomic mass is 9.98. The van der Waals surface area contributed by atoms with Gasteiger partial charge in [-0.2, -0.15) is 0 Å². The van der Waals surface area contributed by atoms with Crippen LogP contribution in [0.5, 0.6) is 5.75 Å². The van der Waals surface area contributed by atoms with Crippen molar-refractivity contribution in [2.75, 3.05) is 13.7 Å². The third-order valence-corrected chi connectivity index (χ3v) is 5.09. The number of ether oxygens (including phenoxy) is 1. The number of methoxy groups -OCH3 is 1. The fourth-order valence-corrected chi connectivity index (χ4v) is 3.37. The van der Waals surface area contributed by atoms with Gasteiger partial charge < -0.3 is 15.4 Å². The topological polar surface area (TPSA) is 67.4 Å². The summed E-state index contributed by atoms with van der Waals surface area (Å²) in [4.78, 5) is 24.7. The summed E-state index contributed by atoms with van der Waals surface area (Å²) >= 11 is 0. The molecule has 0 aliphatic rings. The molecule has 1 unspecified atom stereocenters. The quantitative estimate of drug-likeness (QED) is 0.507. The Hall–Kier alpha value is -3.67. The largest absolute Gasteiger partial charge is 0.497 e. The number of hydrogen-bond acceptors (Lipinski definition) is 3. The Balaban J connectivity index is 1.57. The Morgan fingerprint density at radius 2 is 1.56 bits per heavy atom. The zero-order valence-corrected chi connectivity index (χ0v) is 18.0. The van der Waals surface area contributed by atoms with E-state index >= 15 is 0 Å². The van der Waals surface area contributed by atoms with Gasteiger partial charge in [-0.25, -0.2) is 4.39 Å². The molecule has 0 radical (unpaired) electrons. The standard InChI is InChI=1S/C26H27FN2O3/c1-32-23-13-9-21(10-14-23)24(17-20-7-11-22(27)12-8-20)29-25(30)15-16-28-26(31)18-19-5-3-2-4-6-19/h2-14,24H,15-18H2,1H3,(H,28,31)(H,29,30). The summed E-state index contributed by atoms with van der Waals surface area (Å²) in [6.07, 6.45) is 0.955. The summed E-state index contributed by atoms with van der Waals surface area (Å²) in [5.41, 5.74) is 2.74. The highest BCUT2D eigenvalue weighted by Crippen LogP contribution is 2.22. The van der Waals surface area contributed by atoms with Crippen LogP contribution in [0.3, 0.4) is 0 Å². The lowest BCUT2D eigenvalue weighted by Crippen LogP contribution is -2.34. The summed E-state index contributed by atoms with van der Waals surface area (Å²) in [6, 6.07) is 22.9. The predicted molar refractivity (Wildman–Crippen MR) is 122 cm³/mol. The Labute approximate surface area is 187 Å². The highest BCUT2D eigenvalue weighted by molar-refractivity contribution is 5.80. The van der Waals surface area contributed by atoms with E-state index < -0.39 is 0 Å². The lowest BCUT2D eigenvalue weighted by molar-refractivity contribution is -0.122. The molecule has 0 aromatic heterocycles. The van der Waals surface area contributed by atoms with E-state index in [-0.39, 0.29) is 43.1 Å². The van der Waals surface area contributed by atoms with Crippen LogP contribution in [0.25, 0.3) is 0 Å². The van der Waals surface area contributed by atoms with Gasteiger partial charge in [0.25, 0.3) is 0 Å². The van der Waals surface area contributed by atoms with Crippen LogP contribution < -0.4 is 15.4 Å². The first kappa shape index (κ1) is 23.0. The molecule has 6 heteroatoms. The molecule has 3 aromatic rings. The van der Waals surface area contributed by atoms with E-state index in [2.05, 4.69) is 10.6 Å². The maximum atomic E-state index is 13.3. The van der Waals surface area contributed by atoms with Crippen LogP contribution in [0, 0.1) is 5.82 Å². The van der Waals surface area contributed by atoms with Crippen LogP contribution in [0.15, 0.2) is 78.9 Å². The second kappa shape index (κ2) is 11.6. The first-order valence-corrected chi connectivity index (χ1v) is 10.5. The van der Waals surface area contributed by atoms with E-state index in [1.165, 1.54) is 12.1 Å². The molecule has 0 aliphatic carbocycles. The number of hydrogen-bond donors (Lipinski definition) is 2. The minimum absolute atomic E-state index is 0.123. The van der Waals surface area contributed by atoms with Gasteiger partial charge in [-0.05, 0) is 47.4 Å². The molecule has 32 heavy (non-hydrogen) atoms. The van der Waals surface area contributed by atoms with Gasteiger partial charge in [-0.15, -0.1) is 0 Å². The summed E-state index contributed by atoms with van der Waals surface area (Å²) < 4.78 is 18.5. The first-order chi connectivity index (χ1) is 15.5. The van der Waals surface area contributed by atoms with Crippen molar-refractivity contribution in [2.24, 2.45) is 0 Å². The van der Waals surface area contributed by atoms with Crippen molar-refractivity contribution in [3.05, 3.63) is 101 Å². The van der Waals surface area contributed by atoms with Crippen LogP contribution >= 0.6 is 0 Å². The van der Waals surface area contributed by atoms with Gasteiger partial charge in [0, 0.05) is 13.0 Å². The molecule has 0 saturated carbocycles. The van der Waals surface area contributed by atoms with E-state index in [1.807, 2.05) is 54.6 Å². The zero-order valence-electron chi connectivity index (χ0n) is 18.0. The van der Waals surface area contributed by atoms with Gasteiger partial charge >= 0.3 is 0 Å². The average Bonchev–Trinajstić information content (AvgIpc) is 2.81. The number of rotatable bonds is 10. The van der Waals surface area contributed by atoms with Crippen LogP contribution in [-0.2, 0) is 22.4 Å². The molecular formula is C26H27FN2O3. The lowest BCUT2D eigenvalue weighted by Gasteiger charge is -2.20. The molecule has 3 aromatic carbocycles. The maximum absolute atomic E-state index is 13.3. The minimum atomic E-state index is -0.301. The Morgan fingerprint density at radius 3 is 2.22 bits per heavy atom. The van der Waals surface area contributed by atoms with E-state index in [0.29, 0.717) is 6.42 Å². The molecule has 0 spiro atoms. The Morgan fingerprint density at radius 1 is 0.875 bits per heavy atom. The van der Waals surface area contributed by atoms with Crippen molar-refractivity contribution in [1.82, 2.24) is 10.6 Å². The molecule has 0 bridgehead atoms. The van der Waals surface area contributed by atoms with E-state index in [0.717, 1.165) is 22.4 Å². The number of halogens is 1. The molecule has 0 aliphatic heterocycles. The normalized spacial score (nSPS) is 11.4. The summed E-state index contributed by atoms with van der Waals surface area (Å²) in [5, 5.41) is 5.82. The van der Waals surface area contributed by atoms with Gasteiger partial charge in [-0.3, -0.25) is 9.59 Å². The van der Waals surface area contributed by atoms with Gasteiger partial charge in [-0.1, -0.05) is 54.6 Å². The van der Waals surface area contributed by atoms with E-state index in [9.17, 15) is 14.0 Å². The van der Waals surface area contributed by atoms with E-state index in [1.54, 1.807) is 19.2 Å². The highest BCUT2D eigenvalue weighted by atomic mass is 19.1. The van der Waals surface area contributed by atoms with Crippen molar-refractivity contribution in [2.45, 2.75) is 25.3 Å². The van der Waals surface area contributed by atoms with Crippen LogP contribution in [0.2, 0.25) is 0 Å². The zero-order chi connectivity index (χ0) is 22.8. The van der Waals surface area contributed by atoms with Crippen molar-refractivity contribution < 1.29 is 18.7 Å². The van der Waals surface area contributed by atoms with Gasteiger partial charge in [0.2, 0.25) is 11.8 Å². The fraction of sp³-hybridized carbons (Fsp3) is 0.231. The molecule has 0 heterocycles. The maximum Gasteiger partial charge on any atom is 0.224 e. The molecule has 166 valence electrons. The smallest absolute Gasteiger partial charge is 0.224 e. The third-order valence-electron chi connectivity index (χ3n) is 5.09. The predicted octanol–water partition coefficient (Wildman–Crippen LogP) is 3.98. The monoisotopic (exact) mass is 434 g/mol. The molecule has 0 fully saturated rings. The number of nitrogens with one attached hydrogen (secondary N) is 2. The van der Waals surface area contributed by atoms with Crippen LogP contribution in [0.4, 0.5) is 4.39 Å². The molecule has 2 amide bonds. The fourth-order valence-electron chi connectivity index (χ4n) is 3.37. The Kier molecular flexibility index (Phi) is 8.37. The second-order valence-corrected chi connectivity index (χ2v) is 7.49. The van der Waals surface area contributed by atoms with Crippen molar-refractivity contribution in [3.63, 3.8) is 0 Å². The molecule has 3 rings (SSSR count). The van der Waals surface area contributed by atoms with Crippen molar-refractivity contribution in [1.29, 1.82) is 0 Å². The molecule has 2 N–H and O–H groups in total. The molecule has 0 saturated heterocycles. The van der Waals surface area contributed by atoms with Gasteiger partial charge in [0.1, 0.15) is 11.6 Å². The van der Waals surface area contributed by atoms with E-state index in [4.69, 9.17) is 4.74 Å². The van der Waals surface area contributed by atoms with Crippen LogP contribution in [0.1, 0.15) is 29.2 Å². The second-order valence-electron chi connectivity index (χ2n) is 7.49. The van der Waals surface area contributed by atoms with Crippen molar-refractivity contribution in [3.8, 4) is 5.75 Å². The minimum Gasteiger partial charge on any atom is -0.497 e. The van der Waals surface area contributed by atoms with Gasteiger partial charge in [0.05, 0.1) is 19.6 Å². The number of carbonyl (C=O) groups excluding carboxylic acids is 2. The SMILES string of the molecule is COc1ccc(C(Cc2ccc(F)cc2)NC(=O)CCNC(=O)Cc2ccccc2)cc1. The van der Waals surface area contributed by atoms with Gasteiger partial charge in [0.15, 0.2) is 0 Å². The molecular weight excluding hydrogens is 407 g/mol. The number of benzene rings is 3. The highest BCUT2D eigenvalue weighted by Gasteiger charge is 2.16. The average molecular weight is 435 g/mol. The number of amides is 2. The Bertz CT molecular complexity index is 1010. The third kappa shape index (κ3) is 7.23. The summed E-state index contributed by atoms with van der Waals surface area (Å²) in [5.74, 6) is 0.127.